The van der Waals surface area contributed by atoms with Crippen molar-refractivity contribution in [1.82, 2.24) is 9.97 Å². The molecule has 1 heterocycles. The first-order valence-corrected chi connectivity index (χ1v) is 7.44. The van der Waals surface area contributed by atoms with E-state index in [9.17, 15) is 4.39 Å². The molecule has 100 valence electrons. The highest BCUT2D eigenvalue weighted by Crippen LogP contribution is 2.30. The normalized spacial score (nSPS) is 11.6. The van der Waals surface area contributed by atoms with Crippen LogP contribution in [0.5, 0.6) is 0 Å². The molecule has 0 bridgehead atoms. The largest absolute Gasteiger partial charge is 0.226 e. The molecule has 2 aromatic rings. The van der Waals surface area contributed by atoms with E-state index in [4.69, 9.17) is 0 Å². The van der Waals surface area contributed by atoms with Gasteiger partial charge in [0.2, 0.25) is 0 Å². The van der Waals surface area contributed by atoms with Crippen molar-refractivity contribution in [2.45, 2.75) is 36.1 Å². The predicted molar refractivity (Wildman–Crippen MR) is 79.0 cm³/mol. The highest BCUT2D eigenvalue weighted by atomic mass is 79.9. The van der Waals surface area contributed by atoms with Gasteiger partial charge in [-0.1, -0.05) is 32.5 Å². The van der Waals surface area contributed by atoms with Gasteiger partial charge in [0.15, 0.2) is 0 Å². The fraction of sp³-hybridized carbons (Fsp3) is 0.286. The minimum atomic E-state index is -0.233. The van der Waals surface area contributed by atoms with E-state index in [1.165, 1.54) is 23.9 Å². The highest BCUT2D eigenvalue weighted by molar-refractivity contribution is 9.10. The molecule has 0 amide bonds. The van der Waals surface area contributed by atoms with Crippen LogP contribution < -0.4 is 0 Å². The first-order chi connectivity index (χ1) is 8.84. The second-order valence-electron chi connectivity index (χ2n) is 5.16. The van der Waals surface area contributed by atoms with Gasteiger partial charge in [0.1, 0.15) is 21.3 Å². The summed E-state index contributed by atoms with van der Waals surface area (Å²) in [6, 6.07) is 8.25. The summed E-state index contributed by atoms with van der Waals surface area (Å²) in [5.41, 5.74) is -0.109. The van der Waals surface area contributed by atoms with E-state index in [0.29, 0.717) is 0 Å². The van der Waals surface area contributed by atoms with Crippen molar-refractivity contribution < 1.29 is 4.39 Å². The van der Waals surface area contributed by atoms with Gasteiger partial charge < -0.3 is 0 Å². The van der Waals surface area contributed by atoms with Gasteiger partial charge in [0.25, 0.3) is 0 Å². The van der Waals surface area contributed by atoms with E-state index in [-0.39, 0.29) is 11.2 Å². The molecule has 19 heavy (non-hydrogen) atoms. The summed E-state index contributed by atoms with van der Waals surface area (Å²) in [7, 11) is 0. The molecule has 0 aliphatic carbocycles. The van der Waals surface area contributed by atoms with Crippen LogP contribution in [0.4, 0.5) is 4.39 Å². The van der Waals surface area contributed by atoms with Crippen LogP contribution in [0, 0.1) is 5.82 Å². The SMILES string of the molecule is CC(C)(C)c1nc(Br)cc(Sc2ccc(F)cc2)n1. The van der Waals surface area contributed by atoms with E-state index in [0.717, 1.165) is 20.3 Å². The average Bonchev–Trinajstić information content (AvgIpc) is 2.30. The quantitative estimate of drug-likeness (QED) is 0.732. The predicted octanol–water partition coefficient (Wildman–Crippen LogP) is 4.83. The standard InChI is InChI=1S/C14H14BrFN2S/c1-14(2,3)13-17-11(15)8-12(18-13)19-10-6-4-9(16)5-7-10/h4-8H,1-3H3. The van der Waals surface area contributed by atoms with Gasteiger partial charge in [-0.15, -0.1) is 0 Å². The van der Waals surface area contributed by atoms with Crippen LogP contribution in [0.1, 0.15) is 26.6 Å². The third-order valence-electron chi connectivity index (χ3n) is 2.38. The van der Waals surface area contributed by atoms with Crippen LogP contribution >= 0.6 is 27.7 Å². The minimum absolute atomic E-state index is 0.109. The molecular formula is C14H14BrFN2S. The Morgan fingerprint density at radius 1 is 1.11 bits per heavy atom. The molecule has 0 radical (unpaired) electrons. The van der Waals surface area contributed by atoms with Gasteiger partial charge in [-0.25, -0.2) is 14.4 Å². The average molecular weight is 341 g/mol. The summed E-state index contributed by atoms with van der Waals surface area (Å²) < 4.78 is 13.6. The molecule has 0 unspecified atom stereocenters. The number of nitrogens with zero attached hydrogens (tertiary/aromatic N) is 2. The lowest BCUT2D eigenvalue weighted by molar-refractivity contribution is 0.536. The molecule has 5 heteroatoms. The van der Waals surface area contributed by atoms with Crippen LogP contribution in [-0.2, 0) is 5.41 Å². The van der Waals surface area contributed by atoms with Crippen LogP contribution in [0.15, 0.2) is 44.9 Å². The Bertz CT molecular complexity index is 579. The molecular weight excluding hydrogens is 327 g/mol. The Hall–Kier alpha value is -0.940. The summed E-state index contributed by atoms with van der Waals surface area (Å²) in [5, 5.41) is 0.846. The van der Waals surface area contributed by atoms with Gasteiger partial charge >= 0.3 is 0 Å². The van der Waals surface area contributed by atoms with Crippen molar-refractivity contribution in [2.24, 2.45) is 0 Å². The molecule has 0 fully saturated rings. The number of hydrogen-bond acceptors (Lipinski definition) is 3. The number of halogens is 2. The number of benzene rings is 1. The van der Waals surface area contributed by atoms with E-state index in [2.05, 4.69) is 46.7 Å². The van der Waals surface area contributed by atoms with E-state index in [1.54, 1.807) is 12.1 Å². The Kier molecular flexibility index (Phi) is 4.26. The Morgan fingerprint density at radius 2 is 1.74 bits per heavy atom. The van der Waals surface area contributed by atoms with Gasteiger partial charge in [0.05, 0.1) is 0 Å². The maximum absolute atomic E-state index is 12.9. The van der Waals surface area contributed by atoms with Gasteiger partial charge in [-0.2, -0.15) is 0 Å². The van der Waals surface area contributed by atoms with E-state index < -0.39 is 0 Å². The molecule has 1 aromatic heterocycles. The Balaban J connectivity index is 2.30. The first kappa shape index (κ1) is 14.5. The number of hydrogen-bond donors (Lipinski definition) is 0. The van der Waals surface area contributed by atoms with Crippen LogP contribution in [0.2, 0.25) is 0 Å². The lowest BCUT2D eigenvalue weighted by Crippen LogP contribution is -2.16. The van der Waals surface area contributed by atoms with Crippen LogP contribution in [0.3, 0.4) is 0 Å². The third-order valence-corrected chi connectivity index (χ3v) is 3.71. The lowest BCUT2D eigenvalue weighted by Gasteiger charge is -2.17. The molecule has 2 rings (SSSR count). The molecule has 2 nitrogen and oxygen atoms in total. The summed E-state index contributed by atoms with van der Waals surface area (Å²) in [6.07, 6.45) is 0. The number of rotatable bonds is 2. The maximum atomic E-state index is 12.9. The first-order valence-electron chi connectivity index (χ1n) is 5.83. The molecule has 1 aromatic carbocycles. The van der Waals surface area contributed by atoms with Crippen molar-refractivity contribution in [3.8, 4) is 0 Å². The summed E-state index contributed by atoms with van der Waals surface area (Å²) in [6.45, 7) is 6.21. The monoisotopic (exact) mass is 340 g/mol. The van der Waals surface area contributed by atoms with Gasteiger partial charge in [-0.3, -0.25) is 0 Å². The van der Waals surface area contributed by atoms with Crippen molar-refractivity contribution >= 4 is 27.7 Å². The van der Waals surface area contributed by atoms with Crippen molar-refractivity contribution in [3.05, 3.63) is 46.6 Å². The molecule has 0 saturated carbocycles. The van der Waals surface area contributed by atoms with Gasteiger partial charge in [0, 0.05) is 16.4 Å². The third kappa shape index (κ3) is 4.01. The molecule has 0 aliphatic rings. The Morgan fingerprint density at radius 3 is 2.32 bits per heavy atom. The zero-order valence-electron chi connectivity index (χ0n) is 10.9. The summed E-state index contributed by atoms with van der Waals surface area (Å²) >= 11 is 4.90. The molecule has 0 N–H and O–H groups in total. The lowest BCUT2D eigenvalue weighted by atomic mass is 9.96. The second-order valence-corrected chi connectivity index (χ2v) is 7.06. The van der Waals surface area contributed by atoms with Crippen molar-refractivity contribution in [3.63, 3.8) is 0 Å². The minimum Gasteiger partial charge on any atom is -0.226 e. The topological polar surface area (TPSA) is 25.8 Å². The molecule has 0 spiro atoms. The fourth-order valence-corrected chi connectivity index (χ4v) is 2.76. The molecule has 0 atom stereocenters. The van der Waals surface area contributed by atoms with Crippen molar-refractivity contribution in [1.29, 1.82) is 0 Å². The van der Waals surface area contributed by atoms with Gasteiger partial charge in [-0.05, 0) is 40.2 Å². The zero-order valence-corrected chi connectivity index (χ0v) is 13.3. The zero-order chi connectivity index (χ0) is 14.0. The molecule has 0 saturated heterocycles. The van der Waals surface area contributed by atoms with Crippen LogP contribution in [0.25, 0.3) is 0 Å². The highest BCUT2D eigenvalue weighted by Gasteiger charge is 2.18. The van der Waals surface area contributed by atoms with E-state index in [1.807, 2.05) is 6.07 Å². The number of aromatic nitrogens is 2. The smallest absolute Gasteiger partial charge is 0.136 e. The second kappa shape index (κ2) is 5.59. The maximum Gasteiger partial charge on any atom is 0.136 e. The molecule has 0 aliphatic heterocycles. The summed E-state index contributed by atoms with van der Waals surface area (Å²) in [4.78, 5) is 9.89. The Labute approximate surface area is 125 Å². The summed E-state index contributed by atoms with van der Waals surface area (Å²) in [5.74, 6) is 0.551. The van der Waals surface area contributed by atoms with Crippen LogP contribution in [-0.4, -0.2) is 9.97 Å². The van der Waals surface area contributed by atoms with E-state index >= 15 is 0 Å². The van der Waals surface area contributed by atoms with Crippen molar-refractivity contribution in [2.75, 3.05) is 0 Å². The fourth-order valence-electron chi connectivity index (χ4n) is 1.41.